The van der Waals surface area contributed by atoms with Crippen LogP contribution in [0.15, 0.2) is 49.6 Å². The summed E-state index contributed by atoms with van der Waals surface area (Å²) in [6, 6.07) is 7.57. The van der Waals surface area contributed by atoms with E-state index in [1.54, 1.807) is 20.8 Å². The fourth-order valence-electron chi connectivity index (χ4n) is 4.25. The van der Waals surface area contributed by atoms with E-state index in [-0.39, 0.29) is 51.3 Å². The number of rotatable bonds is 20. The largest absolute Gasteiger partial charge is 0.463 e. The van der Waals surface area contributed by atoms with Gasteiger partial charge in [-0.1, -0.05) is 30.9 Å². The van der Waals surface area contributed by atoms with Crippen LogP contribution in [0.5, 0.6) is 0 Å². The smallest absolute Gasteiger partial charge is 0.330 e. The maximum atomic E-state index is 12.7. The molecule has 1 heterocycles. The van der Waals surface area contributed by atoms with E-state index in [1.165, 1.54) is 0 Å². The van der Waals surface area contributed by atoms with Crippen LogP contribution in [0.4, 0.5) is 0 Å². The molecule has 1 fully saturated rings. The van der Waals surface area contributed by atoms with Crippen molar-refractivity contribution in [1.82, 2.24) is 9.80 Å². The third kappa shape index (κ3) is 15.3. The van der Waals surface area contributed by atoms with Gasteiger partial charge in [-0.2, -0.15) is 0 Å². The average Bonchev–Trinajstić information content (AvgIpc) is 3.03. The van der Waals surface area contributed by atoms with Gasteiger partial charge in [0.25, 0.3) is 5.91 Å². The van der Waals surface area contributed by atoms with Crippen molar-refractivity contribution in [3.8, 4) is 0 Å². The summed E-state index contributed by atoms with van der Waals surface area (Å²) in [7, 11) is 0. The van der Waals surface area contributed by atoms with Gasteiger partial charge in [-0.3, -0.25) is 14.5 Å². The van der Waals surface area contributed by atoms with E-state index < -0.39 is 36.4 Å². The predicted molar refractivity (Wildman–Crippen MR) is 167 cm³/mol. The van der Waals surface area contributed by atoms with Crippen LogP contribution >= 0.6 is 0 Å². The second kappa shape index (κ2) is 20.5. The standard InChI is InChI=1S/C33H48N2O10/c1-7-30(36)44-26(5)19-40-22-29(42-21-27(6)45-31(37)8-2)23-41-25(4)20-43-32(38)13-14-34-15-17-35(18-16-34)33(39)28-11-9-24(3)10-12-28/h7-12,25-27,29H,1-2,13-23H2,3-6H3. The van der Waals surface area contributed by atoms with Crippen LogP contribution in [-0.2, 0) is 42.8 Å². The Morgan fingerprint density at radius 3 is 1.98 bits per heavy atom. The number of ether oxygens (including phenoxy) is 6. The number of amides is 1. The Morgan fingerprint density at radius 1 is 0.778 bits per heavy atom. The third-order valence-electron chi connectivity index (χ3n) is 6.83. The summed E-state index contributed by atoms with van der Waals surface area (Å²) in [6.07, 6.45) is 0.410. The molecule has 0 spiro atoms. The Morgan fingerprint density at radius 2 is 1.38 bits per heavy atom. The number of benzene rings is 1. The first kappa shape index (κ1) is 37.6. The van der Waals surface area contributed by atoms with Crippen LogP contribution < -0.4 is 0 Å². The molecule has 4 unspecified atom stereocenters. The minimum absolute atomic E-state index is 0.0245. The molecule has 1 amide bonds. The molecule has 0 aliphatic carbocycles. The molecule has 12 nitrogen and oxygen atoms in total. The van der Waals surface area contributed by atoms with Gasteiger partial charge in [0.15, 0.2) is 0 Å². The van der Waals surface area contributed by atoms with Gasteiger partial charge in [-0.15, -0.1) is 0 Å². The van der Waals surface area contributed by atoms with Crippen LogP contribution in [0.25, 0.3) is 0 Å². The molecule has 250 valence electrons. The molecule has 45 heavy (non-hydrogen) atoms. The Hall–Kier alpha value is -3.58. The maximum Gasteiger partial charge on any atom is 0.330 e. The monoisotopic (exact) mass is 632 g/mol. The van der Waals surface area contributed by atoms with Crippen molar-refractivity contribution in [3.63, 3.8) is 0 Å². The molecule has 1 aromatic rings. The molecule has 1 aliphatic heterocycles. The van der Waals surface area contributed by atoms with Gasteiger partial charge in [-0.25, -0.2) is 9.59 Å². The SMILES string of the molecule is C=CC(=O)OC(C)COCC(COC(C)COC(=O)CCN1CCN(C(=O)c2ccc(C)cc2)CC1)OCC(C)OC(=O)C=C. The zero-order valence-electron chi connectivity index (χ0n) is 26.9. The zero-order chi connectivity index (χ0) is 33.2. The lowest BCUT2D eigenvalue weighted by molar-refractivity contribution is -0.155. The molecular formula is C33H48N2O10. The molecule has 2 rings (SSSR count). The molecule has 0 radical (unpaired) electrons. The lowest BCUT2D eigenvalue weighted by atomic mass is 10.1. The third-order valence-corrected chi connectivity index (χ3v) is 6.83. The van der Waals surface area contributed by atoms with Crippen molar-refractivity contribution < 1.29 is 47.6 Å². The molecule has 1 aliphatic rings. The Labute approximate surface area is 266 Å². The molecule has 1 aromatic carbocycles. The van der Waals surface area contributed by atoms with Crippen LogP contribution in [0.1, 0.15) is 43.1 Å². The Balaban J connectivity index is 1.70. The van der Waals surface area contributed by atoms with Crippen molar-refractivity contribution >= 4 is 23.8 Å². The number of nitrogens with zero attached hydrogens (tertiary/aromatic N) is 2. The van der Waals surface area contributed by atoms with E-state index in [2.05, 4.69) is 18.1 Å². The molecule has 0 bridgehead atoms. The highest BCUT2D eigenvalue weighted by molar-refractivity contribution is 5.94. The first-order chi connectivity index (χ1) is 21.5. The minimum atomic E-state index is -0.557. The summed E-state index contributed by atoms with van der Waals surface area (Å²) in [5, 5.41) is 0. The number of esters is 3. The van der Waals surface area contributed by atoms with Crippen LogP contribution in [0, 0.1) is 6.92 Å². The number of carbonyl (C=O) groups excluding carboxylic acids is 4. The summed E-state index contributed by atoms with van der Waals surface area (Å²) < 4.78 is 33.0. The number of piperazine rings is 1. The Bertz CT molecular complexity index is 1100. The van der Waals surface area contributed by atoms with Crippen molar-refractivity contribution in [2.45, 2.75) is 58.5 Å². The lowest BCUT2D eigenvalue weighted by Crippen LogP contribution is -2.49. The molecule has 1 saturated heterocycles. The first-order valence-corrected chi connectivity index (χ1v) is 15.2. The number of hydrogen-bond donors (Lipinski definition) is 0. The van der Waals surface area contributed by atoms with E-state index >= 15 is 0 Å². The normalized spacial score (nSPS) is 16.1. The van der Waals surface area contributed by atoms with Crippen molar-refractivity contribution in [1.29, 1.82) is 0 Å². The fraction of sp³-hybridized carbons (Fsp3) is 0.576. The summed E-state index contributed by atoms with van der Waals surface area (Å²) in [5.41, 5.74) is 1.79. The number of aryl methyl sites for hydroxylation is 1. The van der Waals surface area contributed by atoms with Gasteiger partial charge in [0, 0.05) is 50.4 Å². The van der Waals surface area contributed by atoms with Crippen LogP contribution in [0.2, 0.25) is 0 Å². The molecule has 4 atom stereocenters. The van der Waals surface area contributed by atoms with Gasteiger partial charge >= 0.3 is 17.9 Å². The number of hydrogen-bond acceptors (Lipinski definition) is 11. The van der Waals surface area contributed by atoms with E-state index in [0.717, 1.165) is 17.7 Å². The minimum Gasteiger partial charge on any atom is -0.463 e. The second-order valence-corrected chi connectivity index (χ2v) is 11.0. The number of carbonyl (C=O) groups is 4. The van der Waals surface area contributed by atoms with Gasteiger partial charge in [-0.05, 0) is 39.8 Å². The highest BCUT2D eigenvalue weighted by atomic mass is 16.6. The van der Waals surface area contributed by atoms with E-state index in [9.17, 15) is 19.2 Å². The summed E-state index contributed by atoms with van der Waals surface area (Å²) in [4.78, 5) is 51.9. The highest BCUT2D eigenvalue weighted by Gasteiger charge is 2.23. The lowest BCUT2D eigenvalue weighted by Gasteiger charge is -2.34. The first-order valence-electron chi connectivity index (χ1n) is 15.2. The van der Waals surface area contributed by atoms with Gasteiger partial charge in [0.2, 0.25) is 0 Å². The quantitative estimate of drug-likeness (QED) is 0.120. The van der Waals surface area contributed by atoms with Crippen LogP contribution in [-0.4, -0.2) is 124 Å². The molecule has 12 heteroatoms. The summed E-state index contributed by atoms with van der Waals surface area (Å²) >= 11 is 0. The van der Waals surface area contributed by atoms with Crippen molar-refractivity contribution in [3.05, 3.63) is 60.7 Å². The molecule has 0 saturated carbocycles. The van der Waals surface area contributed by atoms with E-state index in [1.807, 2.05) is 36.1 Å². The Kier molecular flexibility index (Phi) is 17.1. The van der Waals surface area contributed by atoms with Crippen molar-refractivity contribution in [2.24, 2.45) is 0 Å². The zero-order valence-corrected chi connectivity index (χ0v) is 26.9. The van der Waals surface area contributed by atoms with E-state index in [0.29, 0.717) is 38.3 Å². The van der Waals surface area contributed by atoms with Crippen molar-refractivity contribution in [2.75, 3.05) is 65.8 Å². The summed E-state index contributed by atoms with van der Waals surface area (Å²) in [5.74, 6) is -1.41. The van der Waals surface area contributed by atoms with Gasteiger partial charge in [0.1, 0.15) is 24.9 Å². The predicted octanol–water partition coefficient (Wildman–Crippen LogP) is 2.73. The highest BCUT2D eigenvalue weighted by Crippen LogP contribution is 2.11. The van der Waals surface area contributed by atoms with Gasteiger partial charge in [0.05, 0.1) is 39.0 Å². The molecule has 0 aromatic heterocycles. The second-order valence-electron chi connectivity index (χ2n) is 11.0. The van der Waals surface area contributed by atoms with E-state index in [4.69, 9.17) is 28.4 Å². The fourth-order valence-corrected chi connectivity index (χ4v) is 4.25. The van der Waals surface area contributed by atoms with Gasteiger partial charge < -0.3 is 33.3 Å². The summed E-state index contributed by atoms with van der Waals surface area (Å²) in [6.45, 7) is 17.5. The molecule has 0 N–H and O–H groups in total. The molecular weight excluding hydrogens is 584 g/mol. The topological polar surface area (TPSA) is 130 Å². The average molecular weight is 633 g/mol. The van der Waals surface area contributed by atoms with Crippen LogP contribution in [0.3, 0.4) is 0 Å². The maximum absolute atomic E-state index is 12.7.